The predicted molar refractivity (Wildman–Crippen MR) is 121 cm³/mol. The van der Waals surface area contributed by atoms with Crippen molar-refractivity contribution in [3.05, 3.63) is 101 Å². The Labute approximate surface area is 175 Å². The summed E-state index contributed by atoms with van der Waals surface area (Å²) in [5.41, 5.74) is 5.40. The van der Waals surface area contributed by atoms with Gasteiger partial charge in [0, 0.05) is 25.4 Å². The third-order valence-corrected chi connectivity index (χ3v) is 5.35. The van der Waals surface area contributed by atoms with E-state index in [0.717, 1.165) is 34.9 Å². The highest BCUT2D eigenvalue weighted by Crippen LogP contribution is 2.26. The molecule has 0 aliphatic rings. The Hall–Kier alpha value is -3.73. The molecule has 3 aromatic carbocycles. The molecule has 2 heterocycles. The van der Waals surface area contributed by atoms with Crippen molar-refractivity contribution >= 4 is 22.5 Å². The lowest BCUT2D eigenvalue weighted by Gasteiger charge is -2.21. The van der Waals surface area contributed by atoms with E-state index in [2.05, 4.69) is 100 Å². The quantitative estimate of drug-likeness (QED) is 0.430. The zero-order valence-corrected chi connectivity index (χ0v) is 17.2. The summed E-state index contributed by atoms with van der Waals surface area (Å²) in [5.74, 6) is 1.74. The van der Waals surface area contributed by atoms with Crippen LogP contribution in [0.5, 0.6) is 0 Å². The Morgan fingerprint density at radius 3 is 2.27 bits per heavy atom. The molecule has 5 heteroatoms. The number of anilines is 1. The molecule has 5 nitrogen and oxygen atoms in total. The fraction of sp³-hybridized carbons (Fsp3) is 0.160. The second-order valence-corrected chi connectivity index (χ2v) is 7.71. The van der Waals surface area contributed by atoms with Crippen molar-refractivity contribution in [1.82, 2.24) is 19.6 Å². The molecule has 2 aromatic heterocycles. The highest BCUT2D eigenvalue weighted by atomic mass is 15.3. The second kappa shape index (κ2) is 7.59. The van der Waals surface area contributed by atoms with Gasteiger partial charge in [0.25, 0.3) is 0 Å². The van der Waals surface area contributed by atoms with Crippen LogP contribution in [-0.4, -0.2) is 26.6 Å². The van der Waals surface area contributed by atoms with Gasteiger partial charge in [0.1, 0.15) is 5.82 Å². The summed E-state index contributed by atoms with van der Waals surface area (Å²) in [4.78, 5) is 7.19. The van der Waals surface area contributed by atoms with E-state index in [1.165, 1.54) is 16.7 Å². The summed E-state index contributed by atoms with van der Waals surface area (Å²) in [6, 6.07) is 27.1. The zero-order valence-electron chi connectivity index (χ0n) is 17.2. The summed E-state index contributed by atoms with van der Waals surface area (Å²) < 4.78 is 2.11. The summed E-state index contributed by atoms with van der Waals surface area (Å²) in [7, 11) is 2.07. The van der Waals surface area contributed by atoms with E-state index in [1.54, 1.807) is 0 Å². The number of hydrogen-bond acceptors (Lipinski definition) is 4. The molecule has 0 aliphatic carbocycles. The second-order valence-electron chi connectivity index (χ2n) is 7.71. The summed E-state index contributed by atoms with van der Waals surface area (Å²) in [5, 5.41) is 10.2. The maximum atomic E-state index is 5.02. The van der Waals surface area contributed by atoms with Gasteiger partial charge in [-0.3, -0.25) is 0 Å². The first-order valence-electron chi connectivity index (χ1n) is 10.1. The van der Waals surface area contributed by atoms with Crippen LogP contribution in [0.1, 0.15) is 22.5 Å². The number of benzene rings is 3. The number of nitrogens with zero attached hydrogens (tertiary/aromatic N) is 5. The smallest absolute Gasteiger partial charge is 0.213 e. The molecule has 0 aliphatic heterocycles. The zero-order chi connectivity index (χ0) is 20.5. The van der Waals surface area contributed by atoms with Gasteiger partial charge in [-0.15, -0.1) is 10.2 Å². The summed E-state index contributed by atoms with van der Waals surface area (Å²) in [6.07, 6.45) is 0.702. The third-order valence-electron chi connectivity index (χ3n) is 5.35. The van der Waals surface area contributed by atoms with Crippen molar-refractivity contribution in [2.45, 2.75) is 19.9 Å². The largest absolute Gasteiger partial charge is 0.341 e. The van der Waals surface area contributed by atoms with E-state index in [1.807, 2.05) is 12.1 Å². The molecule has 0 fully saturated rings. The highest BCUT2D eigenvalue weighted by Gasteiger charge is 2.18. The number of rotatable bonds is 5. The van der Waals surface area contributed by atoms with Crippen molar-refractivity contribution < 1.29 is 0 Å². The van der Waals surface area contributed by atoms with Crippen molar-refractivity contribution in [2.24, 2.45) is 0 Å². The topological polar surface area (TPSA) is 46.3 Å². The summed E-state index contributed by atoms with van der Waals surface area (Å²) >= 11 is 0. The average Bonchev–Trinajstić information content (AvgIpc) is 3.18. The van der Waals surface area contributed by atoms with E-state index in [0.29, 0.717) is 6.42 Å². The molecule has 5 aromatic rings. The van der Waals surface area contributed by atoms with E-state index >= 15 is 0 Å². The Bertz CT molecular complexity index is 1310. The Morgan fingerprint density at radius 1 is 0.833 bits per heavy atom. The molecule has 0 saturated heterocycles. The molecular weight excluding hydrogens is 370 g/mol. The predicted octanol–water partition coefficient (Wildman–Crippen LogP) is 4.81. The fourth-order valence-electron chi connectivity index (χ4n) is 3.86. The minimum Gasteiger partial charge on any atom is -0.341 e. The molecule has 0 spiro atoms. The van der Waals surface area contributed by atoms with E-state index in [4.69, 9.17) is 4.98 Å². The summed E-state index contributed by atoms with van der Waals surface area (Å²) in [6.45, 7) is 2.84. The van der Waals surface area contributed by atoms with Gasteiger partial charge < -0.3 is 4.90 Å². The van der Waals surface area contributed by atoms with Crippen LogP contribution in [0.2, 0.25) is 0 Å². The lowest BCUT2D eigenvalue weighted by Crippen LogP contribution is -2.21. The first-order valence-corrected chi connectivity index (χ1v) is 10.1. The van der Waals surface area contributed by atoms with Gasteiger partial charge in [-0.25, -0.2) is 9.38 Å². The molecule has 5 rings (SSSR count). The molecule has 30 heavy (non-hydrogen) atoms. The van der Waals surface area contributed by atoms with Gasteiger partial charge >= 0.3 is 0 Å². The average molecular weight is 393 g/mol. The fourth-order valence-corrected chi connectivity index (χ4v) is 3.86. The van der Waals surface area contributed by atoms with Crippen LogP contribution < -0.4 is 4.90 Å². The monoisotopic (exact) mass is 393 g/mol. The van der Waals surface area contributed by atoms with Crippen molar-refractivity contribution in [3.8, 4) is 0 Å². The number of aryl methyl sites for hydroxylation is 1. The minimum absolute atomic E-state index is 0.702. The van der Waals surface area contributed by atoms with Crippen molar-refractivity contribution in [2.75, 3.05) is 11.9 Å². The van der Waals surface area contributed by atoms with Crippen molar-refractivity contribution in [1.29, 1.82) is 0 Å². The first-order chi connectivity index (χ1) is 14.7. The first kappa shape index (κ1) is 18.3. The molecule has 0 atom stereocenters. The lowest BCUT2D eigenvalue weighted by atomic mass is 10.1. The molecule has 0 unspecified atom stereocenters. The number of fused-ring (bicyclic) bond motifs is 3. The Kier molecular flexibility index (Phi) is 4.64. The molecular formula is C25H23N5. The lowest BCUT2D eigenvalue weighted by molar-refractivity contribution is 0.831. The Balaban J connectivity index is 1.68. The van der Waals surface area contributed by atoms with Crippen LogP contribution in [-0.2, 0) is 13.0 Å². The minimum atomic E-state index is 0.702. The van der Waals surface area contributed by atoms with Gasteiger partial charge in [-0.1, -0.05) is 72.3 Å². The van der Waals surface area contributed by atoms with E-state index in [-0.39, 0.29) is 0 Å². The van der Waals surface area contributed by atoms with Gasteiger partial charge in [-0.2, -0.15) is 0 Å². The van der Waals surface area contributed by atoms with Crippen LogP contribution in [0.15, 0.2) is 78.9 Å². The van der Waals surface area contributed by atoms with Crippen LogP contribution >= 0.6 is 0 Å². The van der Waals surface area contributed by atoms with E-state index in [9.17, 15) is 0 Å². The van der Waals surface area contributed by atoms with Gasteiger partial charge in [0.15, 0.2) is 5.65 Å². The number of aromatic nitrogens is 4. The molecule has 0 bridgehead atoms. The molecule has 0 radical (unpaired) electrons. The highest BCUT2D eigenvalue weighted by molar-refractivity contribution is 5.93. The third kappa shape index (κ3) is 3.39. The van der Waals surface area contributed by atoms with Crippen LogP contribution in [0.4, 0.5) is 5.95 Å². The molecule has 0 amide bonds. The van der Waals surface area contributed by atoms with Gasteiger partial charge in [-0.05, 0) is 30.2 Å². The molecule has 148 valence electrons. The SMILES string of the molecule is Cc1ccc2nc(N(C)Cc3ccccc3)n3c(Cc4ccccc4)nnc3c2c1. The maximum absolute atomic E-state index is 5.02. The maximum Gasteiger partial charge on any atom is 0.213 e. The van der Waals surface area contributed by atoms with Crippen LogP contribution in [0, 0.1) is 6.92 Å². The molecule has 0 N–H and O–H groups in total. The van der Waals surface area contributed by atoms with Crippen LogP contribution in [0.3, 0.4) is 0 Å². The standard InChI is InChI=1S/C25H23N5/c1-18-13-14-22-21(15-18)24-28-27-23(16-19-9-5-3-6-10-19)30(24)25(26-22)29(2)17-20-11-7-4-8-12-20/h3-15H,16-17H2,1-2H3. The van der Waals surface area contributed by atoms with Crippen molar-refractivity contribution in [3.63, 3.8) is 0 Å². The Morgan fingerprint density at radius 2 is 1.53 bits per heavy atom. The van der Waals surface area contributed by atoms with Gasteiger partial charge in [0.2, 0.25) is 5.95 Å². The number of hydrogen-bond donors (Lipinski definition) is 0. The van der Waals surface area contributed by atoms with Crippen LogP contribution in [0.25, 0.3) is 16.6 Å². The normalized spacial score (nSPS) is 11.3. The van der Waals surface area contributed by atoms with Gasteiger partial charge in [0.05, 0.1) is 5.52 Å². The molecule has 0 saturated carbocycles. The van der Waals surface area contributed by atoms with E-state index < -0.39 is 0 Å².